The van der Waals surface area contributed by atoms with Crippen LogP contribution in [0.1, 0.15) is 25.6 Å². The SMILES string of the molecule is Cc1csc(C(=O)O)c1NC(=O)c1cc(Cl)cc(Cl)c1. The molecule has 0 bridgehead atoms. The monoisotopic (exact) mass is 329 g/mol. The predicted molar refractivity (Wildman–Crippen MR) is 80.4 cm³/mol. The number of carbonyl (C=O) groups excluding carboxylic acids is 1. The summed E-state index contributed by atoms with van der Waals surface area (Å²) in [5.74, 6) is -1.54. The summed E-state index contributed by atoms with van der Waals surface area (Å²) < 4.78 is 0. The van der Waals surface area contributed by atoms with Gasteiger partial charge in [-0.1, -0.05) is 23.2 Å². The Morgan fingerprint density at radius 1 is 1.20 bits per heavy atom. The zero-order chi connectivity index (χ0) is 14.9. The summed E-state index contributed by atoms with van der Waals surface area (Å²) in [6, 6.07) is 4.44. The molecule has 0 unspecified atom stereocenters. The van der Waals surface area contributed by atoms with E-state index in [0.29, 0.717) is 21.3 Å². The van der Waals surface area contributed by atoms with E-state index >= 15 is 0 Å². The van der Waals surface area contributed by atoms with Gasteiger partial charge in [0.25, 0.3) is 5.91 Å². The molecule has 4 nitrogen and oxygen atoms in total. The highest BCUT2D eigenvalue weighted by molar-refractivity contribution is 7.12. The molecule has 20 heavy (non-hydrogen) atoms. The van der Waals surface area contributed by atoms with E-state index in [1.807, 2.05) is 0 Å². The number of halogens is 2. The number of carboxylic acid groups (broad SMARTS) is 1. The van der Waals surface area contributed by atoms with Crippen LogP contribution >= 0.6 is 34.5 Å². The summed E-state index contributed by atoms with van der Waals surface area (Å²) in [5.41, 5.74) is 1.25. The van der Waals surface area contributed by atoms with Crippen molar-refractivity contribution in [1.82, 2.24) is 0 Å². The number of rotatable bonds is 3. The minimum Gasteiger partial charge on any atom is -0.477 e. The molecule has 0 aliphatic rings. The van der Waals surface area contributed by atoms with Gasteiger partial charge in [0.05, 0.1) is 5.69 Å². The van der Waals surface area contributed by atoms with Gasteiger partial charge in [-0.3, -0.25) is 4.79 Å². The topological polar surface area (TPSA) is 66.4 Å². The average Bonchev–Trinajstić information content (AvgIpc) is 2.70. The summed E-state index contributed by atoms with van der Waals surface area (Å²) in [4.78, 5) is 23.3. The quantitative estimate of drug-likeness (QED) is 0.881. The number of hydrogen-bond acceptors (Lipinski definition) is 3. The molecule has 1 heterocycles. The second kappa shape index (κ2) is 5.83. The zero-order valence-electron chi connectivity index (χ0n) is 10.2. The average molecular weight is 330 g/mol. The van der Waals surface area contributed by atoms with Gasteiger partial charge in [-0.15, -0.1) is 11.3 Å². The molecule has 0 aliphatic heterocycles. The number of aryl methyl sites for hydroxylation is 1. The number of aromatic carboxylic acids is 1. The lowest BCUT2D eigenvalue weighted by Crippen LogP contribution is -2.14. The number of anilines is 1. The minimum absolute atomic E-state index is 0.0870. The normalized spacial score (nSPS) is 10.3. The van der Waals surface area contributed by atoms with Gasteiger partial charge in [0.2, 0.25) is 0 Å². The van der Waals surface area contributed by atoms with Gasteiger partial charge in [-0.05, 0) is 36.1 Å². The Hall–Kier alpha value is -1.56. The number of nitrogens with one attached hydrogen (secondary N) is 1. The number of hydrogen-bond donors (Lipinski definition) is 2. The van der Waals surface area contributed by atoms with Gasteiger partial charge in [0.15, 0.2) is 0 Å². The first-order valence-corrected chi connectivity index (χ1v) is 7.11. The van der Waals surface area contributed by atoms with E-state index in [4.69, 9.17) is 28.3 Å². The van der Waals surface area contributed by atoms with Crippen LogP contribution in [0, 0.1) is 6.92 Å². The van der Waals surface area contributed by atoms with Crippen molar-refractivity contribution in [2.24, 2.45) is 0 Å². The molecule has 0 spiro atoms. The molecule has 0 saturated heterocycles. The Kier molecular flexibility index (Phi) is 4.32. The fourth-order valence-corrected chi connectivity index (χ4v) is 3.00. The molecule has 0 saturated carbocycles. The first-order valence-electron chi connectivity index (χ1n) is 5.47. The molecular formula is C13H9Cl2NO3S. The molecule has 0 aliphatic carbocycles. The van der Waals surface area contributed by atoms with E-state index in [0.717, 1.165) is 11.3 Å². The molecule has 1 aromatic carbocycles. The lowest BCUT2D eigenvalue weighted by molar-refractivity contribution is 0.0703. The van der Waals surface area contributed by atoms with E-state index in [1.165, 1.54) is 18.2 Å². The van der Waals surface area contributed by atoms with Crippen LogP contribution in [0.25, 0.3) is 0 Å². The summed E-state index contributed by atoms with van der Waals surface area (Å²) in [6.07, 6.45) is 0. The largest absolute Gasteiger partial charge is 0.477 e. The fraction of sp³-hybridized carbons (Fsp3) is 0.0769. The van der Waals surface area contributed by atoms with E-state index in [-0.39, 0.29) is 10.4 Å². The zero-order valence-corrected chi connectivity index (χ0v) is 12.6. The van der Waals surface area contributed by atoms with Crippen molar-refractivity contribution in [3.05, 3.63) is 49.6 Å². The molecular weight excluding hydrogens is 321 g/mol. The third-order valence-corrected chi connectivity index (χ3v) is 4.05. The Balaban J connectivity index is 2.32. The maximum atomic E-state index is 12.1. The Bertz CT molecular complexity index is 677. The maximum absolute atomic E-state index is 12.1. The van der Waals surface area contributed by atoms with Crippen LogP contribution in [-0.4, -0.2) is 17.0 Å². The number of thiophene rings is 1. The van der Waals surface area contributed by atoms with Gasteiger partial charge >= 0.3 is 5.97 Å². The number of benzene rings is 1. The second-order valence-corrected chi connectivity index (χ2v) is 5.79. The molecule has 2 N–H and O–H groups in total. The summed E-state index contributed by atoms with van der Waals surface area (Å²) in [7, 11) is 0. The third kappa shape index (κ3) is 3.12. The summed E-state index contributed by atoms with van der Waals surface area (Å²) in [5, 5.41) is 14.0. The molecule has 0 fully saturated rings. The van der Waals surface area contributed by atoms with Crippen LogP contribution in [0.5, 0.6) is 0 Å². The molecule has 0 radical (unpaired) electrons. The summed E-state index contributed by atoms with van der Waals surface area (Å²) in [6.45, 7) is 1.73. The van der Waals surface area contributed by atoms with Crippen LogP contribution in [0.4, 0.5) is 5.69 Å². The van der Waals surface area contributed by atoms with E-state index in [1.54, 1.807) is 12.3 Å². The molecule has 2 rings (SSSR count). The Morgan fingerprint density at radius 2 is 1.80 bits per heavy atom. The molecule has 2 aromatic rings. The standard InChI is InChI=1S/C13H9Cl2NO3S/c1-6-5-20-11(13(18)19)10(6)16-12(17)7-2-8(14)4-9(15)3-7/h2-5H,1H3,(H,16,17)(H,18,19). The van der Waals surface area contributed by atoms with Crippen molar-refractivity contribution < 1.29 is 14.7 Å². The molecule has 0 atom stereocenters. The van der Waals surface area contributed by atoms with Crippen molar-refractivity contribution in [3.8, 4) is 0 Å². The van der Waals surface area contributed by atoms with Crippen LogP contribution < -0.4 is 5.32 Å². The number of carboxylic acids is 1. The highest BCUT2D eigenvalue weighted by atomic mass is 35.5. The number of carbonyl (C=O) groups is 2. The second-order valence-electron chi connectivity index (χ2n) is 4.04. The van der Waals surface area contributed by atoms with Crippen molar-refractivity contribution >= 4 is 52.1 Å². The predicted octanol–water partition coefficient (Wildman–Crippen LogP) is 4.31. The van der Waals surface area contributed by atoms with E-state index in [2.05, 4.69) is 5.32 Å². The van der Waals surface area contributed by atoms with E-state index < -0.39 is 11.9 Å². The molecule has 1 aromatic heterocycles. The van der Waals surface area contributed by atoms with Gasteiger partial charge in [0.1, 0.15) is 4.88 Å². The van der Waals surface area contributed by atoms with Crippen molar-refractivity contribution in [2.75, 3.05) is 5.32 Å². The van der Waals surface area contributed by atoms with Crippen LogP contribution in [0.3, 0.4) is 0 Å². The summed E-state index contributed by atoms with van der Waals surface area (Å²) >= 11 is 12.7. The van der Waals surface area contributed by atoms with Crippen molar-refractivity contribution in [1.29, 1.82) is 0 Å². The molecule has 1 amide bonds. The van der Waals surface area contributed by atoms with Crippen LogP contribution in [0.15, 0.2) is 23.6 Å². The molecule has 7 heteroatoms. The van der Waals surface area contributed by atoms with Crippen molar-refractivity contribution in [2.45, 2.75) is 6.92 Å². The Labute approximate surface area is 128 Å². The maximum Gasteiger partial charge on any atom is 0.348 e. The minimum atomic E-state index is -1.08. The van der Waals surface area contributed by atoms with Crippen molar-refractivity contribution in [3.63, 3.8) is 0 Å². The van der Waals surface area contributed by atoms with Gasteiger partial charge in [-0.2, -0.15) is 0 Å². The smallest absolute Gasteiger partial charge is 0.348 e. The highest BCUT2D eigenvalue weighted by Crippen LogP contribution is 2.28. The molecule has 104 valence electrons. The Morgan fingerprint density at radius 3 is 2.35 bits per heavy atom. The first-order chi connectivity index (χ1) is 9.38. The van der Waals surface area contributed by atoms with Gasteiger partial charge in [0, 0.05) is 15.6 Å². The highest BCUT2D eigenvalue weighted by Gasteiger charge is 2.18. The van der Waals surface area contributed by atoms with Gasteiger partial charge in [-0.25, -0.2) is 4.79 Å². The fourth-order valence-electron chi connectivity index (χ4n) is 1.63. The van der Waals surface area contributed by atoms with E-state index in [9.17, 15) is 9.59 Å². The van der Waals surface area contributed by atoms with Gasteiger partial charge < -0.3 is 10.4 Å². The lowest BCUT2D eigenvalue weighted by atomic mass is 10.2. The number of amides is 1. The lowest BCUT2D eigenvalue weighted by Gasteiger charge is -2.07. The van der Waals surface area contributed by atoms with Crippen LogP contribution in [0.2, 0.25) is 10.0 Å². The first kappa shape index (κ1) is 14.8. The van der Waals surface area contributed by atoms with Crippen LogP contribution in [-0.2, 0) is 0 Å². The third-order valence-electron chi connectivity index (χ3n) is 2.53.